The molecular weight excluding hydrogens is 395 g/mol. The normalized spacial score (nSPS) is 17.9. The van der Waals surface area contributed by atoms with Crippen molar-refractivity contribution in [2.75, 3.05) is 16.8 Å². The van der Waals surface area contributed by atoms with E-state index in [9.17, 15) is 19.1 Å². The highest BCUT2D eigenvalue weighted by Gasteiger charge is 2.51. The van der Waals surface area contributed by atoms with E-state index in [0.717, 1.165) is 6.07 Å². The molecule has 3 aromatic rings. The van der Waals surface area contributed by atoms with E-state index in [2.05, 4.69) is 5.32 Å². The van der Waals surface area contributed by atoms with Crippen molar-refractivity contribution >= 4 is 34.8 Å². The number of para-hydroxylation sites is 2. The summed E-state index contributed by atoms with van der Waals surface area (Å²) in [5, 5.41) is 14.3. The summed E-state index contributed by atoms with van der Waals surface area (Å²) in [6.07, 6.45) is 0. The van der Waals surface area contributed by atoms with Crippen LogP contribution in [-0.2, 0) is 15.2 Å². The molecule has 1 heterocycles. The van der Waals surface area contributed by atoms with Gasteiger partial charge in [0.25, 0.3) is 5.91 Å². The Morgan fingerprint density at radius 3 is 2.55 bits per heavy atom. The molecule has 0 radical (unpaired) electrons. The van der Waals surface area contributed by atoms with Crippen LogP contribution < -0.4 is 10.2 Å². The number of hydrogen-bond donors (Lipinski definition) is 2. The minimum Gasteiger partial charge on any atom is -0.372 e. The molecule has 5 nitrogen and oxygen atoms in total. The number of nitrogens with one attached hydrogen (secondary N) is 1. The molecule has 4 rings (SSSR count). The monoisotopic (exact) mass is 410 g/mol. The van der Waals surface area contributed by atoms with Crippen molar-refractivity contribution < 1.29 is 19.1 Å². The van der Waals surface area contributed by atoms with Gasteiger partial charge in [0.1, 0.15) is 12.4 Å². The quantitative estimate of drug-likeness (QED) is 0.689. The lowest BCUT2D eigenvalue weighted by Crippen LogP contribution is -2.44. The summed E-state index contributed by atoms with van der Waals surface area (Å²) in [6, 6.07) is 18.6. The van der Waals surface area contributed by atoms with Crippen LogP contribution in [0.4, 0.5) is 15.8 Å². The van der Waals surface area contributed by atoms with E-state index in [0.29, 0.717) is 22.0 Å². The number of nitrogens with zero attached hydrogens (tertiary/aromatic N) is 1. The summed E-state index contributed by atoms with van der Waals surface area (Å²) >= 11 is 6.06. The topological polar surface area (TPSA) is 69.6 Å². The summed E-state index contributed by atoms with van der Waals surface area (Å²) in [4.78, 5) is 27.0. The fraction of sp³-hybridized carbons (Fsp3) is 0.0909. The first-order valence-corrected chi connectivity index (χ1v) is 9.23. The van der Waals surface area contributed by atoms with Gasteiger partial charge >= 0.3 is 0 Å². The van der Waals surface area contributed by atoms with Gasteiger partial charge in [-0.25, -0.2) is 4.39 Å². The molecule has 1 aliphatic heterocycles. The summed E-state index contributed by atoms with van der Waals surface area (Å²) in [5.41, 5.74) is -0.883. The predicted molar refractivity (Wildman–Crippen MR) is 108 cm³/mol. The molecule has 0 fully saturated rings. The fourth-order valence-corrected chi connectivity index (χ4v) is 3.66. The van der Waals surface area contributed by atoms with Gasteiger partial charge in [0.15, 0.2) is 5.60 Å². The van der Waals surface area contributed by atoms with E-state index in [-0.39, 0.29) is 12.1 Å². The number of rotatable bonds is 4. The highest BCUT2D eigenvalue weighted by Crippen LogP contribution is 2.44. The van der Waals surface area contributed by atoms with E-state index >= 15 is 0 Å². The molecule has 0 saturated heterocycles. The molecule has 3 aromatic carbocycles. The van der Waals surface area contributed by atoms with Crippen LogP contribution in [0, 0.1) is 5.82 Å². The number of carbonyl (C=O) groups is 2. The van der Waals surface area contributed by atoms with Gasteiger partial charge in [-0.15, -0.1) is 0 Å². The maximum atomic E-state index is 13.8. The van der Waals surface area contributed by atoms with Crippen LogP contribution in [0.3, 0.4) is 0 Å². The van der Waals surface area contributed by atoms with Crippen molar-refractivity contribution in [2.45, 2.75) is 5.60 Å². The van der Waals surface area contributed by atoms with Crippen LogP contribution in [0.2, 0.25) is 5.02 Å². The van der Waals surface area contributed by atoms with E-state index in [1.807, 2.05) is 0 Å². The van der Waals surface area contributed by atoms with Gasteiger partial charge < -0.3 is 10.4 Å². The summed E-state index contributed by atoms with van der Waals surface area (Å²) in [7, 11) is 0. The third kappa shape index (κ3) is 3.26. The Labute approximate surface area is 171 Å². The number of benzene rings is 3. The number of aliphatic hydroxyl groups is 1. The van der Waals surface area contributed by atoms with Crippen LogP contribution in [-0.4, -0.2) is 23.5 Å². The zero-order valence-electron chi connectivity index (χ0n) is 15.1. The molecule has 0 aromatic heterocycles. The van der Waals surface area contributed by atoms with E-state index in [1.165, 1.54) is 23.1 Å². The first kappa shape index (κ1) is 19.1. The summed E-state index contributed by atoms with van der Waals surface area (Å²) < 4.78 is 13.8. The average molecular weight is 411 g/mol. The number of halogens is 2. The van der Waals surface area contributed by atoms with E-state index in [1.54, 1.807) is 48.5 Å². The number of anilines is 2. The Hall–Kier alpha value is -3.22. The molecular formula is C22H16ClFN2O3. The van der Waals surface area contributed by atoms with Gasteiger partial charge in [0.05, 0.1) is 16.4 Å². The van der Waals surface area contributed by atoms with Crippen molar-refractivity contribution in [3.8, 4) is 0 Å². The minimum atomic E-state index is -2.08. The third-order valence-corrected chi connectivity index (χ3v) is 5.16. The van der Waals surface area contributed by atoms with Crippen molar-refractivity contribution in [3.63, 3.8) is 0 Å². The van der Waals surface area contributed by atoms with Gasteiger partial charge in [-0.05, 0) is 30.3 Å². The Balaban J connectivity index is 1.68. The van der Waals surface area contributed by atoms with E-state index < -0.39 is 23.2 Å². The highest BCUT2D eigenvalue weighted by molar-refractivity contribution is 6.33. The van der Waals surface area contributed by atoms with Crippen LogP contribution >= 0.6 is 11.6 Å². The van der Waals surface area contributed by atoms with Crippen LogP contribution in [0.25, 0.3) is 0 Å². The second-order valence-electron chi connectivity index (χ2n) is 6.66. The average Bonchev–Trinajstić information content (AvgIpc) is 2.93. The second-order valence-corrected chi connectivity index (χ2v) is 7.06. The molecule has 0 spiro atoms. The summed E-state index contributed by atoms with van der Waals surface area (Å²) in [5.74, 6) is -1.78. The highest BCUT2D eigenvalue weighted by atomic mass is 35.5. The first-order valence-electron chi connectivity index (χ1n) is 8.85. The largest absolute Gasteiger partial charge is 0.372 e. The molecule has 2 amide bonds. The number of fused-ring (bicyclic) bond motifs is 1. The maximum absolute atomic E-state index is 13.8. The molecule has 1 atom stereocenters. The fourth-order valence-electron chi connectivity index (χ4n) is 3.48. The van der Waals surface area contributed by atoms with Gasteiger partial charge in [-0.1, -0.05) is 54.1 Å². The third-order valence-electron chi connectivity index (χ3n) is 4.83. The smallest absolute Gasteiger partial charge is 0.268 e. The van der Waals surface area contributed by atoms with Gasteiger partial charge in [-0.3, -0.25) is 14.5 Å². The van der Waals surface area contributed by atoms with Crippen molar-refractivity contribution in [1.29, 1.82) is 0 Å². The Kier molecular flexibility index (Phi) is 4.82. The lowest BCUT2D eigenvalue weighted by molar-refractivity contribution is -0.133. The molecule has 0 saturated carbocycles. The number of hydrogen-bond acceptors (Lipinski definition) is 3. The number of carbonyl (C=O) groups excluding carboxylic acids is 2. The Morgan fingerprint density at radius 2 is 1.79 bits per heavy atom. The molecule has 146 valence electrons. The minimum absolute atomic E-state index is 0.101. The molecule has 7 heteroatoms. The van der Waals surface area contributed by atoms with Gasteiger partial charge in [-0.2, -0.15) is 0 Å². The SMILES string of the molecule is O=C(CN1C(=O)[C@@](O)(c2cccc(F)c2)c2ccccc21)Nc1ccccc1Cl. The second kappa shape index (κ2) is 7.31. The summed E-state index contributed by atoms with van der Waals surface area (Å²) in [6.45, 7) is -0.335. The lowest BCUT2D eigenvalue weighted by atomic mass is 9.87. The van der Waals surface area contributed by atoms with Crippen molar-refractivity contribution in [2.24, 2.45) is 0 Å². The number of amides is 2. The molecule has 0 unspecified atom stereocenters. The Morgan fingerprint density at radius 1 is 1.07 bits per heavy atom. The van der Waals surface area contributed by atoms with Gasteiger partial charge in [0, 0.05) is 11.1 Å². The van der Waals surface area contributed by atoms with Crippen LogP contribution in [0.15, 0.2) is 72.8 Å². The Bertz CT molecular complexity index is 1120. The molecule has 0 aliphatic carbocycles. The zero-order valence-corrected chi connectivity index (χ0v) is 15.9. The molecule has 29 heavy (non-hydrogen) atoms. The zero-order chi connectivity index (χ0) is 20.6. The first-order chi connectivity index (χ1) is 13.9. The van der Waals surface area contributed by atoms with Crippen LogP contribution in [0.1, 0.15) is 11.1 Å². The molecule has 1 aliphatic rings. The van der Waals surface area contributed by atoms with Crippen LogP contribution in [0.5, 0.6) is 0 Å². The molecule has 2 N–H and O–H groups in total. The van der Waals surface area contributed by atoms with E-state index in [4.69, 9.17) is 11.6 Å². The van der Waals surface area contributed by atoms with Crippen molar-refractivity contribution in [3.05, 3.63) is 94.8 Å². The van der Waals surface area contributed by atoms with Gasteiger partial charge in [0.2, 0.25) is 5.91 Å². The standard InChI is InChI=1S/C22H16ClFN2O3/c23-17-9-2-3-10-18(17)25-20(27)13-26-19-11-4-1-8-16(19)22(29,21(26)28)14-6-5-7-15(24)12-14/h1-12,29H,13H2,(H,25,27)/t22-/m1/s1. The molecule has 0 bridgehead atoms. The van der Waals surface area contributed by atoms with Crippen molar-refractivity contribution in [1.82, 2.24) is 0 Å². The lowest BCUT2D eigenvalue weighted by Gasteiger charge is -2.23. The predicted octanol–water partition coefficient (Wildman–Crippen LogP) is 3.70. The maximum Gasteiger partial charge on any atom is 0.268 e.